The van der Waals surface area contributed by atoms with Crippen molar-refractivity contribution in [3.05, 3.63) is 42.5 Å². The number of hydrogen-bond donors (Lipinski definition) is 4. The molecule has 2 aliphatic rings. The zero-order chi connectivity index (χ0) is 27.1. The summed E-state index contributed by atoms with van der Waals surface area (Å²) in [4.78, 5) is 30.0. The topological polar surface area (TPSA) is 149 Å². The van der Waals surface area contributed by atoms with E-state index in [1.165, 1.54) is 6.07 Å². The van der Waals surface area contributed by atoms with Gasteiger partial charge in [-0.3, -0.25) is 15.0 Å². The fourth-order valence-corrected chi connectivity index (χ4v) is 6.47. The quantitative estimate of drug-likeness (QED) is 0.296. The number of nitrogens with two attached hydrogens (primary N) is 1. The number of nitrogens with zero attached hydrogens (tertiary/aromatic N) is 2. The van der Waals surface area contributed by atoms with Gasteiger partial charge in [0.1, 0.15) is 6.04 Å². The molecular formula is C27H38N6O4S. The Balaban J connectivity index is 1.47. The molecule has 10 nitrogen and oxygen atoms in total. The predicted octanol–water partition coefficient (Wildman–Crippen LogP) is 2.00. The summed E-state index contributed by atoms with van der Waals surface area (Å²) in [7, 11) is -4.06. The second-order valence-corrected chi connectivity index (χ2v) is 12.0. The van der Waals surface area contributed by atoms with Crippen molar-refractivity contribution in [1.82, 2.24) is 19.8 Å². The minimum atomic E-state index is -4.06. The van der Waals surface area contributed by atoms with Crippen LogP contribution >= 0.6 is 0 Å². The SMILES string of the molecule is N=C(N)N1CCC[C@@H](CNC(=O)CC(NS(=O)(=O)c2ccc3ccccc3c2)C(=O)N2CCCCCC2)C1. The Bertz CT molecular complexity index is 1260. The molecule has 206 valence electrons. The molecular weight excluding hydrogens is 504 g/mol. The van der Waals surface area contributed by atoms with E-state index >= 15 is 0 Å². The molecule has 11 heteroatoms. The summed E-state index contributed by atoms with van der Waals surface area (Å²) in [5.41, 5.74) is 5.62. The van der Waals surface area contributed by atoms with Crippen molar-refractivity contribution in [2.24, 2.45) is 11.7 Å². The van der Waals surface area contributed by atoms with Crippen LogP contribution in [0, 0.1) is 11.3 Å². The van der Waals surface area contributed by atoms with Gasteiger partial charge < -0.3 is 20.9 Å². The van der Waals surface area contributed by atoms with Gasteiger partial charge in [-0.2, -0.15) is 4.72 Å². The van der Waals surface area contributed by atoms with Crippen LogP contribution in [0.15, 0.2) is 47.4 Å². The number of amides is 2. The monoisotopic (exact) mass is 542 g/mol. The zero-order valence-corrected chi connectivity index (χ0v) is 22.5. The number of guanidine groups is 1. The molecule has 2 aromatic carbocycles. The van der Waals surface area contributed by atoms with Crippen LogP contribution in [0.25, 0.3) is 10.8 Å². The first kappa shape index (κ1) is 27.8. The van der Waals surface area contributed by atoms with Gasteiger partial charge in [0.2, 0.25) is 21.8 Å². The molecule has 1 unspecified atom stereocenters. The maximum Gasteiger partial charge on any atom is 0.241 e. The Hall–Kier alpha value is -3.18. The lowest BCUT2D eigenvalue weighted by molar-refractivity contribution is -0.135. The van der Waals surface area contributed by atoms with Crippen LogP contribution in [-0.2, 0) is 19.6 Å². The number of carbonyl (C=O) groups is 2. The standard InChI is InChI=1S/C27H38N6O4S/c28-27(29)33-15-7-8-20(19-33)18-30-25(34)17-24(26(35)32-13-5-1-2-6-14-32)31-38(36,37)23-12-11-21-9-3-4-10-22(21)16-23/h3-4,9-12,16,20,24,31H,1-2,5-8,13-15,17-19H2,(H3,28,29)(H,30,34)/t20-,24?/m0/s1. The van der Waals surface area contributed by atoms with Gasteiger partial charge in [0.25, 0.3) is 0 Å². The van der Waals surface area contributed by atoms with Crippen LogP contribution in [0.3, 0.4) is 0 Å². The summed E-state index contributed by atoms with van der Waals surface area (Å²) in [5.74, 6) is -0.607. The molecule has 2 atom stereocenters. The summed E-state index contributed by atoms with van der Waals surface area (Å²) >= 11 is 0. The minimum Gasteiger partial charge on any atom is -0.370 e. The summed E-state index contributed by atoms with van der Waals surface area (Å²) in [5, 5.41) is 12.2. The van der Waals surface area contributed by atoms with Crippen molar-refractivity contribution >= 4 is 38.6 Å². The van der Waals surface area contributed by atoms with Crippen molar-refractivity contribution in [2.75, 3.05) is 32.7 Å². The Morgan fingerprint density at radius 1 is 0.974 bits per heavy atom. The molecule has 0 bridgehead atoms. The third-order valence-electron chi connectivity index (χ3n) is 7.38. The molecule has 2 fully saturated rings. The first-order valence-electron chi connectivity index (χ1n) is 13.4. The molecule has 2 aromatic rings. The molecule has 0 saturated carbocycles. The van der Waals surface area contributed by atoms with Crippen LogP contribution in [0.4, 0.5) is 0 Å². The number of carbonyl (C=O) groups excluding carboxylic acids is 2. The lowest BCUT2D eigenvalue weighted by Gasteiger charge is -2.33. The molecule has 2 aliphatic heterocycles. The Morgan fingerprint density at radius 3 is 2.37 bits per heavy atom. The van der Waals surface area contributed by atoms with Gasteiger partial charge in [0, 0.05) is 32.7 Å². The highest BCUT2D eigenvalue weighted by Crippen LogP contribution is 2.20. The van der Waals surface area contributed by atoms with E-state index in [4.69, 9.17) is 11.1 Å². The third kappa shape index (κ3) is 7.22. The van der Waals surface area contributed by atoms with Gasteiger partial charge in [-0.1, -0.05) is 43.2 Å². The van der Waals surface area contributed by atoms with Crippen molar-refractivity contribution in [3.8, 4) is 0 Å². The molecule has 5 N–H and O–H groups in total. The van der Waals surface area contributed by atoms with Crippen molar-refractivity contribution in [3.63, 3.8) is 0 Å². The third-order valence-corrected chi connectivity index (χ3v) is 8.85. The zero-order valence-electron chi connectivity index (χ0n) is 21.7. The molecule has 0 radical (unpaired) electrons. The highest BCUT2D eigenvalue weighted by molar-refractivity contribution is 7.89. The van der Waals surface area contributed by atoms with Gasteiger partial charge >= 0.3 is 0 Å². The maximum absolute atomic E-state index is 13.5. The summed E-state index contributed by atoms with van der Waals surface area (Å²) in [6.07, 6.45) is 5.25. The van der Waals surface area contributed by atoms with E-state index in [1.807, 2.05) is 24.3 Å². The smallest absolute Gasteiger partial charge is 0.241 e. The highest BCUT2D eigenvalue weighted by atomic mass is 32.2. The average Bonchev–Trinajstić information content (AvgIpc) is 3.20. The highest BCUT2D eigenvalue weighted by Gasteiger charge is 2.32. The molecule has 4 rings (SSSR count). The second-order valence-electron chi connectivity index (χ2n) is 10.3. The average molecular weight is 543 g/mol. The van der Waals surface area contributed by atoms with Gasteiger partial charge in [0.05, 0.1) is 11.3 Å². The first-order valence-corrected chi connectivity index (χ1v) is 14.9. The molecule has 2 amide bonds. The fraction of sp³-hybridized carbons (Fsp3) is 0.519. The van der Waals surface area contributed by atoms with Gasteiger partial charge in [0.15, 0.2) is 5.96 Å². The van der Waals surface area contributed by atoms with Gasteiger partial charge in [-0.15, -0.1) is 0 Å². The van der Waals surface area contributed by atoms with Gasteiger partial charge in [-0.05, 0) is 54.5 Å². The molecule has 2 saturated heterocycles. The molecule has 0 spiro atoms. The van der Waals surface area contributed by atoms with Crippen LogP contribution in [-0.4, -0.2) is 74.8 Å². The predicted molar refractivity (Wildman–Crippen MR) is 147 cm³/mol. The Morgan fingerprint density at radius 2 is 1.66 bits per heavy atom. The van der Waals surface area contributed by atoms with E-state index in [9.17, 15) is 18.0 Å². The van der Waals surface area contributed by atoms with E-state index in [1.54, 1.807) is 21.9 Å². The number of fused-ring (bicyclic) bond motifs is 1. The minimum absolute atomic E-state index is 0.0206. The van der Waals surface area contributed by atoms with Crippen LogP contribution in [0.2, 0.25) is 0 Å². The fourth-order valence-electron chi connectivity index (χ4n) is 5.25. The Labute approximate surface area is 224 Å². The van der Waals surface area contributed by atoms with Crippen molar-refractivity contribution in [1.29, 1.82) is 5.41 Å². The number of sulfonamides is 1. The lowest BCUT2D eigenvalue weighted by atomic mass is 9.98. The molecule has 2 heterocycles. The number of nitrogens with one attached hydrogen (secondary N) is 3. The normalized spacial score (nSPS) is 19.5. The van der Waals surface area contributed by atoms with E-state index in [-0.39, 0.29) is 35.0 Å². The van der Waals surface area contributed by atoms with Crippen molar-refractivity contribution < 1.29 is 18.0 Å². The molecule has 0 aromatic heterocycles. The van der Waals surface area contributed by atoms with E-state index in [0.29, 0.717) is 26.2 Å². The number of hydrogen-bond acceptors (Lipinski definition) is 5. The number of likely N-dealkylation sites (tertiary alicyclic amines) is 2. The Kier molecular flexibility index (Phi) is 9.22. The summed E-state index contributed by atoms with van der Waals surface area (Å²) < 4.78 is 29.3. The largest absolute Gasteiger partial charge is 0.370 e. The lowest BCUT2D eigenvalue weighted by Crippen LogP contribution is -2.51. The number of benzene rings is 2. The second kappa shape index (κ2) is 12.6. The van der Waals surface area contributed by atoms with Crippen LogP contribution in [0.5, 0.6) is 0 Å². The van der Waals surface area contributed by atoms with E-state index < -0.39 is 16.1 Å². The van der Waals surface area contributed by atoms with Crippen LogP contribution < -0.4 is 15.8 Å². The summed E-state index contributed by atoms with van der Waals surface area (Å²) in [6.45, 7) is 2.79. The van der Waals surface area contributed by atoms with Crippen molar-refractivity contribution in [2.45, 2.75) is 55.9 Å². The first-order chi connectivity index (χ1) is 18.2. The number of rotatable bonds is 8. The summed E-state index contributed by atoms with van der Waals surface area (Å²) in [6, 6.07) is 11.1. The van der Waals surface area contributed by atoms with E-state index in [2.05, 4.69) is 10.0 Å². The van der Waals surface area contributed by atoms with Crippen LogP contribution in [0.1, 0.15) is 44.9 Å². The van der Waals surface area contributed by atoms with Gasteiger partial charge in [-0.25, -0.2) is 8.42 Å². The maximum atomic E-state index is 13.5. The number of piperidine rings is 1. The van der Waals surface area contributed by atoms with E-state index in [0.717, 1.165) is 55.8 Å². The molecule has 38 heavy (non-hydrogen) atoms. The molecule has 0 aliphatic carbocycles.